The summed E-state index contributed by atoms with van der Waals surface area (Å²) in [7, 11) is 1.97. The molecule has 0 aromatic carbocycles. The van der Waals surface area contributed by atoms with E-state index in [2.05, 4.69) is 38.9 Å². The Morgan fingerprint density at radius 3 is 2.50 bits per heavy atom. The van der Waals surface area contributed by atoms with Crippen molar-refractivity contribution in [2.24, 2.45) is 12.5 Å². The average Bonchev–Trinajstić information content (AvgIpc) is 2.54. The third-order valence-corrected chi connectivity index (χ3v) is 3.06. The standard InChI is InChI=1S/C13H24N2O/c1-6-10-9-11(15(5)14-10)7-8-12(16)13(2,3)4/h9,12,16H,6-8H2,1-5H3. The molecule has 1 aromatic heterocycles. The number of aliphatic hydroxyl groups excluding tert-OH is 1. The van der Waals surface area contributed by atoms with E-state index in [4.69, 9.17) is 0 Å². The molecule has 0 amide bonds. The van der Waals surface area contributed by atoms with E-state index in [0.717, 1.165) is 25.0 Å². The highest BCUT2D eigenvalue weighted by atomic mass is 16.3. The normalized spacial score (nSPS) is 14.1. The second-order valence-electron chi connectivity index (χ2n) is 5.52. The number of hydrogen-bond donors (Lipinski definition) is 1. The number of aryl methyl sites for hydroxylation is 3. The molecule has 1 atom stereocenters. The molecule has 1 unspecified atom stereocenters. The van der Waals surface area contributed by atoms with Crippen LogP contribution in [0.5, 0.6) is 0 Å². The summed E-state index contributed by atoms with van der Waals surface area (Å²) in [6, 6.07) is 2.13. The van der Waals surface area contributed by atoms with Crippen molar-refractivity contribution in [1.29, 1.82) is 0 Å². The van der Waals surface area contributed by atoms with E-state index in [1.165, 1.54) is 5.69 Å². The highest BCUT2D eigenvalue weighted by molar-refractivity contribution is 5.10. The molecular weight excluding hydrogens is 200 g/mol. The first-order valence-electron chi connectivity index (χ1n) is 6.04. The highest BCUT2D eigenvalue weighted by Crippen LogP contribution is 2.23. The van der Waals surface area contributed by atoms with Crippen molar-refractivity contribution in [1.82, 2.24) is 9.78 Å². The molecule has 16 heavy (non-hydrogen) atoms. The maximum absolute atomic E-state index is 9.97. The zero-order valence-electron chi connectivity index (χ0n) is 11.1. The molecule has 3 nitrogen and oxygen atoms in total. The molecule has 0 fully saturated rings. The minimum Gasteiger partial charge on any atom is -0.393 e. The van der Waals surface area contributed by atoms with Gasteiger partial charge >= 0.3 is 0 Å². The maximum atomic E-state index is 9.97. The molecular formula is C13H24N2O. The lowest BCUT2D eigenvalue weighted by Gasteiger charge is -2.25. The number of aromatic nitrogens is 2. The summed E-state index contributed by atoms with van der Waals surface area (Å²) in [4.78, 5) is 0. The van der Waals surface area contributed by atoms with Crippen LogP contribution in [0, 0.1) is 5.41 Å². The number of nitrogens with zero attached hydrogens (tertiary/aromatic N) is 2. The zero-order valence-corrected chi connectivity index (χ0v) is 11.1. The lowest BCUT2D eigenvalue weighted by Crippen LogP contribution is -2.26. The van der Waals surface area contributed by atoms with Crippen LogP contribution in [0.25, 0.3) is 0 Å². The Kier molecular flexibility index (Phi) is 4.14. The topological polar surface area (TPSA) is 38.0 Å². The number of aliphatic hydroxyl groups is 1. The van der Waals surface area contributed by atoms with Gasteiger partial charge in [-0.05, 0) is 30.7 Å². The summed E-state index contributed by atoms with van der Waals surface area (Å²) in [5, 5.41) is 14.4. The molecule has 0 aliphatic carbocycles. The van der Waals surface area contributed by atoms with E-state index in [9.17, 15) is 5.11 Å². The summed E-state index contributed by atoms with van der Waals surface area (Å²) in [6.45, 7) is 8.31. The van der Waals surface area contributed by atoms with Gasteiger partial charge in [0.2, 0.25) is 0 Å². The average molecular weight is 224 g/mol. The van der Waals surface area contributed by atoms with Gasteiger partial charge < -0.3 is 5.11 Å². The Morgan fingerprint density at radius 2 is 2.06 bits per heavy atom. The molecule has 0 spiro atoms. The largest absolute Gasteiger partial charge is 0.393 e. The number of hydrogen-bond acceptors (Lipinski definition) is 2. The van der Waals surface area contributed by atoms with Gasteiger partial charge in [-0.25, -0.2) is 0 Å². The van der Waals surface area contributed by atoms with Gasteiger partial charge in [0.1, 0.15) is 0 Å². The van der Waals surface area contributed by atoms with E-state index in [-0.39, 0.29) is 11.5 Å². The van der Waals surface area contributed by atoms with Gasteiger partial charge in [0.15, 0.2) is 0 Å². The van der Waals surface area contributed by atoms with E-state index >= 15 is 0 Å². The van der Waals surface area contributed by atoms with Crippen molar-refractivity contribution >= 4 is 0 Å². The smallest absolute Gasteiger partial charge is 0.0624 e. The first-order chi connectivity index (χ1) is 7.34. The van der Waals surface area contributed by atoms with Crippen molar-refractivity contribution in [3.8, 4) is 0 Å². The maximum Gasteiger partial charge on any atom is 0.0624 e. The minimum absolute atomic E-state index is 0.0355. The predicted molar refractivity (Wildman–Crippen MR) is 66.4 cm³/mol. The summed E-state index contributed by atoms with van der Waals surface area (Å²) in [5.41, 5.74) is 2.30. The van der Waals surface area contributed by atoms with Gasteiger partial charge in [-0.1, -0.05) is 27.7 Å². The first kappa shape index (κ1) is 13.2. The molecule has 0 aliphatic rings. The van der Waals surface area contributed by atoms with E-state index in [1.54, 1.807) is 0 Å². The van der Waals surface area contributed by atoms with Crippen molar-refractivity contribution in [2.45, 2.75) is 53.1 Å². The Labute approximate surface area is 98.5 Å². The van der Waals surface area contributed by atoms with Crippen LogP contribution in [-0.4, -0.2) is 21.0 Å². The fourth-order valence-corrected chi connectivity index (χ4v) is 1.70. The van der Waals surface area contributed by atoms with Crippen LogP contribution < -0.4 is 0 Å². The van der Waals surface area contributed by atoms with Gasteiger partial charge in [0.05, 0.1) is 11.8 Å². The van der Waals surface area contributed by atoms with Crippen LogP contribution in [0.1, 0.15) is 45.5 Å². The number of rotatable bonds is 4. The zero-order chi connectivity index (χ0) is 12.3. The van der Waals surface area contributed by atoms with E-state index < -0.39 is 0 Å². The van der Waals surface area contributed by atoms with Crippen molar-refractivity contribution in [3.63, 3.8) is 0 Å². The molecule has 0 radical (unpaired) electrons. The Bertz CT molecular complexity index is 336. The molecule has 3 heteroatoms. The van der Waals surface area contributed by atoms with Crippen LogP contribution in [-0.2, 0) is 19.9 Å². The van der Waals surface area contributed by atoms with Crippen LogP contribution in [0.2, 0.25) is 0 Å². The van der Waals surface area contributed by atoms with Gasteiger partial charge in [0.25, 0.3) is 0 Å². The van der Waals surface area contributed by atoms with Gasteiger partial charge in [-0.3, -0.25) is 4.68 Å². The molecule has 0 bridgehead atoms. The molecule has 0 aliphatic heterocycles. The fourth-order valence-electron chi connectivity index (χ4n) is 1.70. The van der Waals surface area contributed by atoms with Crippen molar-refractivity contribution < 1.29 is 5.11 Å². The van der Waals surface area contributed by atoms with E-state index in [0.29, 0.717) is 0 Å². The third-order valence-electron chi connectivity index (χ3n) is 3.06. The van der Waals surface area contributed by atoms with Gasteiger partial charge in [-0.15, -0.1) is 0 Å². The van der Waals surface area contributed by atoms with Gasteiger partial charge in [-0.2, -0.15) is 5.10 Å². The summed E-state index contributed by atoms with van der Waals surface area (Å²) >= 11 is 0. The highest BCUT2D eigenvalue weighted by Gasteiger charge is 2.22. The third kappa shape index (κ3) is 3.34. The first-order valence-corrected chi connectivity index (χ1v) is 6.04. The Balaban J connectivity index is 2.57. The molecule has 92 valence electrons. The quantitative estimate of drug-likeness (QED) is 0.852. The van der Waals surface area contributed by atoms with Crippen molar-refractivity contribution in [3.05, 3.63) is 17.5 Å². The molecule has 1 heterocycles. The Morgan fingerprint density at radius 1 is 1.44 bits per heavy atom. The lowest BCUT2D eigenvalue weighted by molar-refractivity contribution is 0.0556. The van der Waals surface area contributed by atoms with Crippen molar-refractivity contribution in [2.75, 3.05) is 0 Å². The predicted octanol–water partition coefficient (Wildman–Crippen LogP) is 2.32. The summed E-state index contributed by atoms with van der Waals surface area (Å²) < 4.78 is 1.92. The summed E-state index contributed by atoms with van der Waals surface area (Å²) in [6.07, 6.45) is 2.40. The second kappa shape index (κ2) is 5.00. The monoisotopic (exact) mass is 224 g/mol. The fraction of sp³-hybridized carbons (Fsp3) is 0.769. The minimum atomic E-state index is -0.257. The summed E-state index contributed by atoms with van der Waals surface area (Å²) in [5.74, 6) is 0. The van der Waals surface area contributed by atoms with Gasteiger partial charge in [0, 0.05) is 12.7 Å². The lowest BCUT2D eigenvalue weighted by atomic mass is 9.86. The molecule has 1 rings (SSSR count). The SMILES string of the molecule is CCc1cc(CCC(O)C(C)(C)C)n(C)n1. The Hall–Kier alpha value is -0.830. The van der Waals surface area contributed by atoms with Crippen LogP contribution >= 0.6 is 0 Å². The molecule has 0 saturated carbocycles. The molecule has 0 saturated heterocycles. The van der Waals surface area contributed by atoms with E-state index in [1.807, 2.05) is 11.7 Å². The second-order valence-corrected chi connectivity index (χ2v) is 5.52. The molecule has 1 aromatic rings. The molecule has 1 N–H and O–H groups in total. The van der Waals surface area contributed by atoms with Crippen LogP contribution in [0.3, 0.4) is 0 Å². The van der Waals surface area contributed by atoms with Crippen LogP contribution in [0.15, 0.2) is 6.07 Å². The van der Waals surface area contributed by atoms with Crippen LogP contribution in [0.4, 0.5) is 0 Å².